The lowest BCUT2D eigenvalue weighted by Gasteiger charge is -2.22. The highest BCUT2D eigenvalue weighted by Gasteiger charge is 2.28. The number of nitro groups is 1. The second-order valence-corrected chi connectivity index (χ2v) is 4.30. The number of likely N-dealkylation sites (N-methyl/N-ethyl adjacent to an activating group) is 1. The van der Waals surface area contributed by atoms with Gasteiger partial charge in [-0.1, -0.05) is 6.07 Å². The third kappa shape index (κ3) is 2.06. The lowest BCUT2D eigenvalue weighted by Crippen LogP contribution is -2.42. The Kier molecular flexibility index (Phi) is 3.29. The largest absolute Gasteiger partial charge is 0.320 e. The van der Waals surface area contributed by atoms with Crippen LogP contribution in [0.1, 0.15) is 18.9 Å². The summed E-state index contributed by atoms with van der Waals surface area (Å²) in [6, 6.07) is 4.10. The topological polar surface area (TPSA) is 89.5 Å². The van der Waals surface area contributed by atoms with Gasteiger partial charge in [0.2, 0.25) is 5.91 Å². The van der Waals surface area contributed by atoms with Crippen molar-refractivity contribution < 1.29 is 9.72 Å². The minimum atomic E-state index is -0.531. The summed E-state index contributed by atoms with van der Waals surface area (Å²) < 4.78 is 0. The summed E-state index contributed by atoms with van der Waals surface area (Å²) in [6.45, 7) is 2.29. The maximum absolute atomic E-state index is 12.1. The van der Waals surface area contributed by atoms with Crippen molar-refractivity contribution in [3.8, 4) is 0 Å². The number of fused-ring (bicyclic) bond motifs is 1. The van der Waals surface area contributed by atoms with Crippen LogP contribution in [-0.2, 0) is 11.2 Å². The van der Waals surface area contributed by atoms with E-state index in [4.69, 9.17) is 5.73 Å². The summed E-state index contributed by atoms with van der Waals surface area (Å²) in [4.78, 5) is 23.9. The molecule has 0 bridgehead atoms. The number of anilines is 1. The van der Waals surface area contributed by atoms with Crippen LogP contribution in [0.15, 0.2) is 18.2 Å². The molecule has 2 N–H and O–H groups in total. The molecule has 6 heteroatoms. The van der Waals surface area contributed by atoms with E-state index in [2.05, 4.69) is 0 Å². The van der Waals surface area contributed by atoms with Crippen LogP contribution in [0, 0.1) is 10.1 Å². The van der Waals surface area contributed by atoms with E-state index in [0.717, 1.165) is 5.56 Å². The van der Waals surface area contributed by atoms with E-state index in [9.17, 15) is 14.9 Å². The number of hydrogen-bond donors (Lipinski definition) is 1. The van der Waals surface area contributed by atoms with E-state index in [0.29, 0.717) is 25.1 Å². The molecule has 1 aliphatic heterocycles. The minimum absolute atomic E-state index is 0.00419. The van der Waals surface area contributed by atoms with E-state index in [1.165, 1.54) is 17.0 Å². The third-order valence-electron chi connectivity index (χ3n) is 3.19. The van der Waals surface area contributed by atoms with Gasteiger partial charge in [-0.15, -0.1) is 0 Å². The van der Waals surface area contributed by atoms with Crippen LogP contribution in [0.3, 0.4) is 0 Å². The number of hydrogen-bond acceptors (Lipinski definition) is 4. The van der Waals surface area contributed by atoms with Crippen molar-refractivity contribution in [3.05, 3.63) is 33.9 Å². The average molecular weight is 249 g/mol. The van der Waals surface area contributed by atoms with E-state index in [1.54, 1.807) is 6.07 Å². The van der Waals surface area contributed by atoms with Gasteiger partial charge in [0.25, 0.3) is 5.69 Å². The molecule has 1 atom stereocenters. The second kappa shape index (κ2) is 4.73. The molecule has 1 unspecified atom stereocenters. The number of carbonyl (C=O) groups is 1. The summed E-state index contributed by atoms with van der Waals surface area (Å²) in [5.74, 6) is -0.170. The molecule has 96 valence electrons. The summed E-state index contributed by atoms with van der Waals surface area (Å²) in [5.41, 5.74) is 7.34. The number of nitrogens with zero attached hydrogens (tertiary/aromatic N) is 2. The van der Waals surface area contributed by atoms with Gasteiger partial charge in [0, 0.05) is 18.7 Å². The van der Waals surface area contributed by atoms with Crippen LogP contribution in [-0.4, -0.2) is 23.4 Å². The first-order valence-corrected chi connectivity index (χ1v) is 5.89. The first-order valence-electron chi connectivity index (χ1n) is 5.89. The lowest BCUT2D eigenvalue weighted by atomic mass is 10.1. The van der Waals surface area contributed by atoms with Crippen LogP contribution in [0.4, 0.5) is 11.4 Å². The summed E-state index contributed by atoms with van der Waals surface area (Å²) in [6.07, 6.45) is 1.23. The first kappa shape index (κ1) is 12.5. The molecule has 0 radical (unpaired) electrons. The predicted molar refractivity (Wildman–Crippen MR) is 67.4 cm³/mol. The SMILES string of the molecule is CCN1C(=O)C(N)CCc2ccc([N+](=O)[O-])cc21. The molecule has 0 aromatic heterocycles. The normalized spacial score (nSPS) is 19.3. The minimum Gasteiger partial charge on any atom is -0.320 e. The second-order valence-electron chi connectivity index (χ2n) is 4.30. The number of nitrogens with two attached hydrogens (primary N) is 1. The number of carbonyl (C=O) groups excluding carboxylic acids is 1. The Morgan fingerprint density at radius 2 is 2.28 bits per heavy atom. The number of aryl methyl sites for hydroxylation is 1. The Labute approximate surface area is 105 Å². The van der Waals surface area contributed by atoms with Crippen molar-refractivity contribution in [1.82, 2.24) is 0 Å². The predicted octanol–water partition coefficient (Wildman–Crippen LogP) is 1.22. The van der Waals surface area contributed by atoms with Crippen molar-refractivity contribution in [2.24, 2.45) is 5.73 Å². The van der Waals surface area contributed by atoms with Crippen molar-refractivity contribution in [2.45, 2.75) is 25.8 Å². The molecule has 18 heavy (non-hydrogen) atoms. The van der Waals surface area contributed by atoms with Gasteiger partial charge in [0.1, 0.15) is 0 Å². The molecule has 0 aliphatic carbocycles. The summed E-state index contributed by atoms with van der Waals surface area (Å²) in [7, 11) is 0. The molecule has 1 heterocycles. The first-order chi connectivity index (χ1) is 8.54. The number of nitro benzene ring substituents is 1. The van der Waals surface area contributed by atoms with Gasteiger partial charge in [-0.2, -0.15) is 0 Å². The van der Waals surface area contributed by atoms with Crippen molar-refractivity contribution in [3.63, 3.8) is 0 Å². The summed E-state index contributed by atoms with van der Waals surface area (Å²) >= 11 is 0. The molecule has 1 aliphatic rings. The fourth-order valence-corrected chi connectivity index (χ4v) is 2.21. The average Bonchev–Trinajstić information content (AvgIpc) is 2.47. The molecule has 1 amide bonds. The molecular formula is C12H15N3O3. The lowest BCUT2D eigenvalue weighted by molar-refractivity contribution is -0.384. The molecule has 2 rings (SSSR count). The Morgan fingerprint density at radius 3 is 2.89 bits per heavy atom. The smallest absolute Gasteiger partial charge is 0.271 e. The molecule has 6 nitrogen and oxygen atoms in total. The highest BCUT2D eigenvalue weighted by molar-refractivity contribution is 5.98. The van der Waals surface area contributed by atoms with E-state index in [1.807, 2.05) is 6.92 Å². The van der Waals surface area contributed by atoms with Gasteiger partial charge in [0.15, 0.2) is 0 Å². The molecule has 0 saturated carbocycles. The van der Waals surface area contributed by atoms with Crippen LogP contribution in [0.5, 0.6) is 0 Å². The highest BCUT2D eigenvalue weighted by atomic mass is 16.6. The molecule has 1 aromatic rings. The quantitative estimate of drug-likeness (QED) is 0.630. The standard InChI is InChI=1S/C12H15N3O3/c1-2-14-11-7-9(15(17)18)5-3-8(11)4-6-10(13)12(14)16/h3,5,7,10H,2,4,6,13H2,1H3. The monoisotopic (exact) mass is 249 g/mol. The van der Waals surface area contributed by atoms with Crippen molar-refractivity contribution in [2.75, 3.05) is 11.4 Å². The number of non-ortho nitro benzene ring substituents is 1. The zero-order chi connectivity index (χ0) is 13.3. The third-order valence-corrected chi connectivity index (χ3v) is 3.19. The molecule has 0 spiro atoms. The van der Waals surface area contributed by atoms with Gasteiger partial charge in [-0.3, -0.25) is 14.9 Å². The maximum atomic E-state index is 12.1. The van der Waals surface area contributed by atoms with Crippen molar-refractivity contribution in [1.29, 1.82) is 0 Å². The number of benzene rings is 1. The summed E-state index contributed by atoms with van der Waals surface area (Å²) in [5, 5.41) is 10.8. The van der Waals surface area contributed by atoms with Gasteiger partial charge in [0.05, 0.1) is 16.7 Å². The van der Waals surface area contributed by atoms with E-state index in [-0.39, 0.29) is 11.6 Å². The molecule has 0 saturated heterocycles. The van der Waals surface area contributed by atoms with Gasteiger partial charge in [-0.25, -0.2) is 0 Å². The van der Waals surface area contributed by atoms with E-state index >= 15 is 0 Å². The van der Waals surface area contributed by atoms with Crippen LogP contribution < -0.4 is 10.6 Å². The van der Waals surface area contributed by atoms with Crippen LogP contribution in [0.25, 0.3) is 0 Å². The fraction of sp³-hybridized carbons (Fsp3) is 0.417. The van der Waals surface area contributed by atoms with Crippen LogP contribution in [0.2, 0.25) is 0 Å². The van der Waals surface area contributed by atoms with Gasteiger partial charge >= 0.3 is 0 Å². The zero-order valence-corrected chi connectivity index (χ0v) is 10.1. The molecule has 0 fully saturated rings. The maximum Gasteiger partial charge on any atom is 0.271 e. The Bertz CT molecular complexity index is 501. The highest BCUT2D eigenvalue weighted by Crippen LogP contribution is 2.30. The number of rotatable bonds is 2. The Morgan fingerprint density at radius 1 is 1.56 bits per heavy atom. The Hall–Kier alpha value is -1.95. The number of amides is 1. The Balaban J connectivity index is 2.52. The van der Waals surface area contributed by atoms with Crippen molar-refractivity contribution >= 4 is 17.3 Å². The molecule has 1 aromatic carbocycles. The molecular weight excluding hydrogens is 234 g/mol. The fourth-order valence-electron chi connectivity index (χ4n) is 2.21. The van der Waals surface area contributed by atoms with Crippen LogP contribution >= 0.6 is 0 Å². The van der Waals surface area contributed by atoms with Gasteiger partial charge in [-0.05, 0) is 25.3 Å². The van der Waals surface area contributed by atoms with Gasteiger partial charge < -0.3 is 10.6 Å². The van der Waals surface area contributed by atoms with E-state index < -0.39 is 11.0 Å². The zero-order valence-electron chi connectivity index (χ0n) is 10.1.